The lowest BCUT2D eigenvalue weighted by molar-refractivity contribution is -0.151. The molecule has 1 aliphatic heterocycles. The quantitative estimate of drug-likeness (QED) is 0.646. The lowest BCUT2D eigenvalue weighted by Crippen LogP contribution is -2.60. The number of β-amino-alcohol motifs (C(OH)–C–C–N with tert-alkyl or cyclic N) is 1. The summed E-state index contributed by atoms with van der Waals surface area (Å²) in [6, 6.07) is 7.02. The van der Waals surface area contributed by atoms with E-state index in [1.165, 1.54) is 0 Å². The Morgan fingerprint density at radius 3 is 2.29 bits per heavy atom. The smallest absolute Gasteiger partial charge is 0.319 e. The minimum absolute atomic E-state index is 0.129. The van der Waals surface area contributed by atoms with Crippen LogP contribution in [-0.2, 0) is 4.79 Å². The van der Waals surface area contributed by atoms with Gasteiger partial charge in [0.2, 0.25) is 5.91 Å². The van der Waals surface area contributed by atoms with E-state index in [1.807, 2.05) is 18.7 Å². The average molecular weight is 449 g/mol. The molecule has 1 saturated heterocycles. The number of hydrogen-bond acceptors (Lipinski definition) is 4. The number of benzene rings is 1. The highest BCUT2D eigenvalue weighted by atomic mass is 35.5. The van der Waals surface area contributed by atoms with Crippen molar-refractivity contribution in [1.82, 2.24) is 15.1 Å². The number of aliphatic hydroxyl groups is 1. The molecule has 3 aliphatic rings. The highest BCUT2D eigenvalue weighted by Crippen LogP contribution is 2.59. The molecule has 0 aromatic heterocycles. The summed E-state index contributed by atoms with van der Waals surface area (Å²) in [5.74, 6) is 0.412. The molecule has 0 radical (unpaired) electrons. The van der Waals surface area contributed by atoms with Crippen LogP contribution in [0.1, 0.15) is 39.5 Å². The summed E-state index contributed by atoms with van der Waals surface area (Å²) in [4.78, 5) is 29.2. The van der Waals surface area contributed by atoms with Gasteiger partial charge in [-0.3, -0.25) is 9.69 Å². The van der Waals surface area contributed by atoms with Crippen LogP contribution in [0, 0.1) is 11.3 Å². The Morgan fingerprint density at radius 1 is 1.10 bits per heavy atom. The van der Waals surface area contributed by atoms with E-state index >= 15 is 0 Å². The summed E-state index contributed by atoms with van der Waals surface area (Å²) in [7, 11) is 0. The number of carbonyl (C=O) groups excluding carboxylic acids is 2. The summed E-state index contributed by atoms with van der Waals surface area (Å²) in [5, 5.41) is 16.5. The van der Waals surface area contributed by atoms with Crippen molar-refractivity contribution in [2.24, 2.45) is 11.3 Å². The van der Waals surface area contributed by atoms with Gasteiger partial charge in [-0.1, -0.05) is 11.6 Å². The average Bonchev–Trinajstić information content (AvgIpc) is 2.63. The van der Waals surface area contributed by atoms with E-state index in [4.69, 9.17) is 11.6 Å². The molecule has 8 heteroatoms. The van der Waals surface area contributed by atoms with Crippen LogP contribution in [0.5, 0.6) is 0 Å². The number of amides is 3. The molecule has 31 heavy (non-hydrogen) atoms. The molecule has 0 atom stereocenters. The van der Waals surface area contributed by atoms with Crippen molar-refractivity contribution >= 4 is 29.2 Å². The van der Waals surface area contributed by atoms with Gasteiger partial charge >= 0.3 is 6.03 Å². The first-order valence-electron chi connectivity index (χ1n) is 11.2. The van der Waals surface area contributed by atoms with Crippen LogP contribution in [0.2, 0.25) is 5.02 Å². The number of anilines is 1. The van der Waals surface area contributed by atoms with Crippen molar-refractivity contribution in [1.29, 1.82) is 0 Å². The number of carbonyl (C=O) groups is 2. The minimum atomic E-state index is -0.701. The van der Waals surface area contributed by atoms with Crippen molar-refractivity contribution in [3.63, 3.8) is 0 Å². The number of rotatable bonds is 5. The number of halogens is 1. The Hall–Kier alpha value is -1.83. The van der Waals surface area contributed by atoms with E-state index in [9.17, 15) is 14.7 Å². The van der Waals surface area contributed by atoms with Crippen LogP contribution in [0.25, 0.3) is 0 Å². The number of urea groups is 1. The predicted octanol–water partition coefficient (Wildman–Crippen LogP) is 2.94. The van der Waals surface area contributed by atoms with Gasteiger partial charge in [0.05, 0.1) is 5.60 Å². The molecule has 170 valence electrons. The maximum absolute atomic E-state index is 12.9. The molecule has 3 fully saturated rings. The minimum Gasteiger partial charge on any atom is -0.389 e. The fourth-order valence-electron chi connectivity index (χ4n) is 5.40. The maximum atomic E-state index is 12.9. The Bertz CT molecular complexity index is 801. The Kier molecular flexibility index (Phi) is 6.21. The van der Waals surface area contributed by atoms with E-state index in [1.54, 1.807) is 24.3 Å². The molecule has 2 saturated carbocycles. The van der Waals surface area contributed by atoms with Crippen molar-refractivity contribution in [2.45, 2.75) is 51.2 Å². The van der Waals surface area contributed by atoms with Gasteiger partial charge < -0.3 is 20.6 Å². The van der Waals surface area contributed by atoms with Crippen LogP contribution in [0.4, 0.5) is 10.5 Å². The molecular weight excluding hydrogens is 416 g/mol. The topological polar surface area (TPSA) is 84.9 Å². The molecule has 3 amide bonds. The molecule has 1 aromatic carbocycles. The number of nitrogens with one attached hydrogen (secondary N) is 2. The van der Waals surface area contributed by atoms with Crippen molar-refractivity contribution in [3.8, 4) is 0 Å². The molecule has 7 nitrogen and oxygen atoms in total. The zero-order chi connectivity index (χ0) is 22.2. The van der Waals surface area contributed by atoms with Gasteiger partial charge in [-0.15, -0.1) is 0 Å². The Balaban J connectivity index is 1.15. The summed E-state index contributed by atoms with van der Waals surface area (Å²) in [6.07, 6.45) is 3.77. The highest BCUT2D eigenvalue weighted by molar-refractivity contribution is 6.30. The highest BCUT2D eigenvalue weighted by Gasteiger charge is 2.55. The summed E-state index contributed by atoms with van der Waals surface area (Å²) < 4.78 is 0. The molecule has 3 N–H and O–H groups in total. The summed E-state index contributed by atoms with van der Waals surface area (Å²) >= 11 is 5.86. The van der Waals surface area contributed by atoms with Crippen LogP contribution in [0.3, 0.4) is 0 Å². The summed E-state index contributed by atoms with van der Waals surface area (Å²) in [6.45, 7) is 7.41. The zero-order valence-electron chi connectivity index (χ0n) is 18.4. The van der Waals surface area contributed by atoms with Crippen molar-refractivity contribution in [2.75, 3.05) is 38.0 Å². The molecule has 4 rings (SSSR count). The van der Waals surface area contributed by atoms with Crippen LogP contribution in [-0.4, -0.2) is 71.2 Å². The molecule has 2 aliphatic carbocycles. The zero-order valence-corrected chi connectivity index (χ0v) is 19.1. The number of hydrogen-bond donors (Lipinski definition) is 3. The van der Waals surface area contributed by atoms with Crippen molar-refractivity contribution in [3.05, 3.63) is 29.3 Å². The normalized spacial score (nSPS) is 28.6. The fraction of sp³-hybridized carbons (Fsp3) is 0.652. The first kappa shape index (κ1) is 22.4. The lowest BCUT2D eigenvalue weighted by atomic mass is 9.50. The van der Waals surface area contributed by atoms with Crippen molar-refractivity contribution < 1.29 is 14.7 Å². The molecule has 0 bridgehead atoms. The van der Waals surface area contributed by atoms with Crippen LogP contribution in [0.15, 0.2) is 24.3 Å². The van der Waals surface area contributed by atoms with Gasteiger partial charge in [0.15, 0.2) is 0 Å². The van der Waals surface area contributed by atoms with E-state index in [0.717, 1.165) is 51.9 Å². The molecule has 1 spiro atoms. The van der Waals surface area contributed by atoms with E-state index in [2.05, 4.69) is 15.5 Å². The van der Waals surface area contributed by atoms with Crippen LogP contribution < -0.4 is 10.6 Å². The van der Waals surface area contributed by atoms with E-state index in [-0.39, 0.29) is 29.3 Å². The van der Waals surface area contributed by atoms with Crippen LogP contribution >= 0.6 is 11.6 Å². The second kappa shape index (κ2) is 8.60. The van der Waals surface area contributed by atoms with E-state index < -0.39 is 5.60 Å². The first-order chi connectivity index (χ1) is 14.6. The Labute approximate surface area is 189 Å². The molecule has 1 heterocycles. The second-order valence-electron chi connectivity index (χ2n) is 10.2. The molecule has 1 aromatic rings. The van der Waals surface area contributed by atoms with E-state index in [0.29, 0.717) is 17.3 Å². The first-order valence-corrected chi connectivity index (χ1v) is 11.6. The lowest BCUT2D eigenvalue weighted by Gasteiger charge is -2.58. The standard InChI is InChI=1S/C23H33ClN4O3/c1-22(2,31)15-27-7-9-28(10-8-27)20(29)16-11-23(12-16)13-19(14-23)26-21(30)25-18-5-3-17(24)4-6-18/h3-6,16,19,31H,7-15H2,1-2H3,(H2,25,26,30). The Morgan fingerprint density at radius 2 is 1.71 bits per heavy atom. The largest absolute Gasteiger partial charge is 0.389 e. The second-order valence-corrected chi connectivity index (χ2v) is 10.7. The SMILES string of the molecule is CC(C)(O)CN1CCN(C(=O)C2CC3(CC(NC(=O)Nc4ccc(Cl)cc4)C3)C2)CC1. The third-order valence-electron chi connectivity index (χ3n) is 6.80. The van der Waals surface area contributed by atoms with Gasteiger partial charge in [0.1, 0.15) is 0 Å². The molecular formula is C23H33ClN4O3. The van der Waals surface area contributed by atoms with Gasteiger partial charge in [-0.25, -0.2) is 4.79 Å². The monoisotopic (exact) mass is 448 g/mol. The number of nitrogens with zero attached hydrogens (tertiary/aromatic N) is 2. The predicted molar refractivity (Wildman–Crippen MR) is 121 cm³/mol. The fourth-order valence-corrected chi connectivity index (χ4v) is 5.52. The van der Waals surface area contributed by atoms with Gasteiger partial charge in [-0.05, 0) is 69.2 Å². The third-order valence-corrected chi connectivity index (χ3v) is 7.05. The maximum Gasteiger partial charge on any atom is 0.319 e. The van der Waals surface area contributed by atoms with Gasteiger partial charge in [0, 0.05) is 55.4 Å². The molecule has 0 unspecified atom stereocenters. The third kappa shape index (κ3) is 5.51. The van der Waals surface area contributed by atoms with Gasteiger partial charge in [0.25, 0.3) is 0 Å². The van der Waals surface area contributed by atoms with Gasteiger partial charge in [-0.2, -0.15) is 0 Å². The summed E-state index contributed by atoms with van der Waals surface area (Å²) in [5.41, 5.74) is 0.252. The number of piperazine rings is 1.